The van der Waals surface area contributed by atoms with E-state index in [1.807, 2.05) is 24.3 Å². The molecule has 2 rings (SSSR count). The number of rotatable bonds is 6. The van der Waals surface area contributed by atoms with Gasteiger partial charge in [0.25, 0.3) is 0 Å². The molecule has 0 radical (unpaired) electrons. The first-order chi connectivity index (χ1) is 9.69. The fraction of sp³-hybridized carbons (Fsp3) is 0.235. The van der Waals surface area contributed by atoms with E-state index in [4.69, 9.17) is 4.74 Å². The lowest BCUT2D eigenvalue weighted by molar-refractivity contribution is 0.0986. The van der Waals surface area contributed by atoms with E-state index in [1.165, 1.54) is 5.56 Å². The van der Waals surface area contributed by atoms with Crippen LogP contribution < -0.4 is 10.1 Å². The normalized spacial score (nSPS) is 10.1. The zero-order valence-electron chi connectivity index (χ0n) is 11.8. The number of hydrogen-bond acceptors (Lipinski definition) is 3. The van der Waals surface area contributed by atoms with Crippen molar-refractivity contribution in [2.75, 3.05) is 19.0 Å². The lowest BCUT2D eigenvalue weighted by atomic mass is 10.1. The lowest BCUT2D eigenvalue weighted by Gasteiger charge is -2.07. The van der Waals surface area contributed by atoms with Gasteiger partial charge in [0.2, 0.25) is 0 Å². The highest BCUT2D eigenvalue weighted by Crippen LogP contribution is 2.13. The van der Waals surface area contributed by atoms with E-state index in [9.17, 15) is 4.79 Å². The minimum Gasteiger partial charge on any atom is -0.497 e. The van der Waals surface area contributed by atoms with Crippen LogP contribution in [0.4, 0.5) is 5.69 Å². The molecule has 1 N–H and O–H groups in total. The molecule has 3 nitrogen and oxygen atoms in total. The van der Waals surface area contributed by atoms with E-state index < -0.39 is 0 Å². The largest absolute Gasteiger partial charge is 0.497 e. The van der Waals surface area contributed by atoms with Crippen LogP contribution in [-0.2, 0) is 0 Å². The first-order valence-corrected chi connectivity index (χ1v) is 6.67. The van der Waals surface area contributed by atoms with Gasteiger partial charge in [0.05, 0.1) is 7.11 Å². The molecule has 3 heteroatoms. The van der Waals surface area contributed by atoms with Crippen molar-refractivity contribution >= 4 is 11.5 Å². The van der Waals surface area contributed by atoms with E-state index >= 15 is 0 Å². The maximum absolute atomic E-state index is 12.0. The zero-order chi connectivity index (χ0) is 14.4. The highest BCUT2D eigenvalue weighted by Gasteiger charge is 2.05. The Kier molecular flexibility index (Phi) is 4.77. The highest BCUT2D eigenvalue weighted by atomic mass is 16.5. The number of Topliss-reactive ketones (excluding diaryl/α,β-unsaturated/α-hetero) is 1. The maximum atomic E-state index is 12.0. The van der Waals surface area contributed by atoms with Crippen LogP contribution in [0.1, 0.15) is 22.3 Å². The molecule has 0 spiro atoms. The molecule has 0 aliphatic carbocycles. The summed E-state index contributed by atoms with van der Waals surface area (Å²) in [5, 5.41) is 3.25. The third-order valence-corrected chi connectivity index (χ3v) is 3.14. The molecule has 0 aromatic heterocycles. The van der Waals surface area contributed by atoms with E-state index in [0.29, 0.717) is 13.0 Å². The molecule has 0 unspecified atom stereocenters. The molecule has 0 atom stereocenters. The number of carbonyl (C=O) groups is 1. The van der Waals surface area contributed by atoms with Gasteiger partial charge in [-0.05, 0) is 43.3 Å². The summed E-state index contributed by atoms with van der Waals surface area (Å²) in [5.74, 6) is 0.895. The van der Waals surface area contributed by atoms with E-state index in [0.717, 1.165) is 17.0 Å². The van der Waals surface area contributed by atoms with Gasteiger partial charge in [-0.1, -0.05) is 17.7 Å². The Labute approximate surface area is 119 Å². The molecule has 0 bridgehead atoms. The number of aryl methyl sites for hydroxylation is 1. The molecule has 2 aromatic carbocycles. The van der Waals surface area contributed by atoms with Gasteiger partial charge in [0.1, 0.15) is 5.75 Å². The number of carbonyl (C=O) groups excluding carboxylic acids is 1. The average Bonchev–Trinajstić information content (AvgIpc) is 2.49. The van der Waals surface area contributed by atoms with Gasteiger partial charge in [0.15, 0.2) is 5.78 Å². The summed E-state index contributed by atoms with van der Waals surface area (Å²) in [6, 6.07) is 15.4. The van der Waals surface area contributed by atoms with Crippen molar-refractivity contribution in [2.24, 2.45) is 0 Å². The first-order valence-electron chi connectivity index (χ1n) is 6.67. The SMILES string of the molecule is COc1ccc(C(=O)CCNc2ccc(C)cc2)cc1. The Morgan fingerprint density at radius 1 is 1.05 bits per heavy atom. The van der Waals surface area contributed by atoms with Crippen molar-refractivity contribution in [3.63, 3.8) is 0 Å². The summed E-state index contributed by atoms with van der Waals surface area (Å²) in [6.07, 6.45) is 0.472. The number of hydrogen-bond donors (Lipinski definition) is 1. The molecular formula is C17H19NO2. The number of benzene rings is 2. The van der Waals surface area contributed by atoms with Gasteiger partial charge < -0.3 is 10.1 Å². The van der Waals surface area contributed by atoms with Gasteiger partial charge in [-0.25, -0.2) is 0 Å². The molecule has 0 aliphatic heterocycles. The Morgan fingerprint density at radius 2 is 1.70 bits per heavy atom. The molecule has 0 saturated carbocycles. The number of anilines is 1. The van der Waals surface area contributed by atoms with Crippen LogP contribution in [0.15, 0.2) is 48.5 Å². The van der Waals surface area contributed by atoms with E-state index in [-0.39, 0.29) is 5.78 Å². The number of methoxy groups -OCH3 is 1. The summed E-state index contributed by atoms with van der Waals surface area (Å²) >= 11 is 0. The smallest absolute Gasteiger partial charge is 0.164 e. The Morgan fingerprint density at radius 3 is 2.30 bits per heavy atom. The third kappa shape index (κ3) is 3.85. The number of ether oxygens (including phenoxy) is 1. The average molecular weight is 269 g/mol. The molecule has 20 heavy (non-hydrogen) atoms. The zero-order valence-corrected chi connectivity index (χ0v) is 11.8. The fourth-order valence-electron chi connectivity index (χ4n) is 1.91. The topological polar surface area (TPSA) is 38.3 Å². The summed E-state index contributed by atoms with van der Waals surface area (Å²) in [7, 11) is 1.61. The predicted molar refractivity (Wildman–Crippen MR) is 81.6 cm³/mol. The van der Waals surface area contributed by atoms with Gasteiger partial charge >= 0.3 is 0 Å². The summed E-state index contributed by atoms with van der Waals surface area (Å²) < 4.78 is 5.07. The highest BCUT2D eigenvalue weighted by molar-refractivity contribution is 5.96. The van der Waals surface area contributed by atoms with Gasteiger partial charge in [0, 0.05) is 24.2 Å². The maximum Gasteiger partial charge on any atom is 0.164 e. The molecule has 104 valence electrons. The van der Waals surface area contributed by atoms with Gasteiger partial charge in [-0.3, -0.25) is 4.79 Å². The second-order valence-corrected chi connectivity index (χ2v) is 4.69. The van der Waals surface area contributed by atoms with Crippen LogP contribution in [0, 0.1) is 6.92 Å². The molecular weight excluding hydrogens is 250 g/mol. The number of ketones is 1. The molecule has 0 heterocycles. The lowest BCUT2D eigenvalue weighted by Crippen LogP contribution is -2.08. The minimum absolute atomic E-state index is 0.132. The van der Waals surface area contributed by atoms with Crippen molar-refractivity contribution in [3.05, 3.63) is 59.7 Å². The number of nitrogens with one attached hydrogen (secondary N) is 1. The van der Waals surface area contributed by atoms with Gasteiger partial charge in [-0.2, -0.15) is 0 Å². The molecule has 0 saturated heterocycles. The first kappa shape index (κ1) is 14.1. The van der Waals surface area contributed by atoms with Crippen LogP contribution in [0.2, 0.25) is 0 Å². The summed E-state index contributed by atoms with van der Waals surface area (Å²) in [4.78, 5) is 12.0. The molecule has 0 amide bonds. The standard InChI is InChI=1S/C17H19NO2/c1-13-3-7-15(8-4-13)18-12-11-17(19)14-5-9-16(20-2)10-6-14/h3-10,18H,11-12H2,1-2H3. The van der Waals surface area contributed by atoms with Crippen molar-refractivity contribution in [1.82, 2.24) is 0 Å². The summed E-state index contributed by atoms with van der Waals surface area (Å²) in [6.45, 7) is 2.69. The van der Waals surface area contributed by atoms with Crippen LogP contribution in [-0.4, -0.2) is 19.4 Å². The molecule has 0 aliphatic rings. The Hall–Kier alpha value is -2.29. The predicted octanol–water partition coefficient (Wildman–Crippen LogP) is 3.69. The second-order valence-electron chi connectivity index (χ2n) is 4.69. The van der Waals surface area contributed by atoms with Gasteiger partial charge in [-0.15, -0.1) is 0 Å². The van der Waals surface area contributed by atoms with Crippen LogP contribution in [0.25, 0.3) is 0 Å². The molecule has 2 aromatic rings. The Bertz CT molecular complexity index is 559. The third-order valence-electron chi connectivity index (χ3n) is 3.14. The van der Waals surface area contributed by atoms with Crippen molar-refractivity contribution < 1.29 is 9.53 Å². The van der Waals surface area contributed by atoms with Crippen LogP contribution in [0.5, 0.6) is 5.75 Å². The minimum atomic E-state index is 0.132. The Balaban J connectivity index is 1.83. The van der Waals surface area contributed by atoms with E-state index in [2.05, 4.69) is 12.2 Å². The van der Waals surface area contributed by atoms with Crippen molar-refractivity contribution in [3.8, 4) is 5.75 Å². The van der Waals surface area contributed by atoms with Crippen LogP contribution in [0.3, 0.4) is 0 Å². The quantitative estimate of drug-likeness (QED) is 0.813. The second kappa shape index (κ2) is 6.75. The van der Waals surface area contributed by atoms with E-state index in [1.54, 1.807) is 31.4 Å². The fourth-order valence-corrected chi connectivity index (χ4v) is 1.91. The van der Waals surface area contributed by atoms with Crippen LogP contribution >= 0.6 is 0 Å². The monoisotopic (exact) mass is 269 g/mol. The molecule has 0 fully saturated rings. The van der Waals surface area contributed by atoms with Crippen molar-refractivity contribution in [1.29, 1.82) is 0 Å². The summed E-state index contributed by atoms with van der Waals surface area (Å²) in [5.41, 5.74) is 2.99. The van der Waals surface area contributed by atoms with Crippen molar-refractivity contribution in [2.45, 2.75) is 13.3 Å².